The van der Waals surface area contributed by atoms with Gasteiger partial charge in [0.25, 0.3) is 0 Å². The van der Waals surface area contributed by atoms with E-state index in [0.29, 0.717) is 5.11 Å². The van der Waals surface area contributed by atoms with Crippen molar-refractivity contribution in [2.24, 2.45) is 0 Å². The number of rotatable bonds is 5. The van der Waals surface area contributed by atoms with Crippen molar-refractivity contribution >= 4 is 34.6 Å². The van der Waals surface area contributed by atoms with Crippen LogP contribution in [-0.2, 0) is 0 Å². The van der Waals surface area contributed by atoms with Crippen LogP contribution >= 0.6 is 23.8 Å². The predicted molar refractivity (Wildman–Crippen MR) is 104 cm³/mol. The summed E-state index contributed by atoms with van der Waals surface area (Å²) in [4.78, 5) is 1.74. The quantitative estimate of drug-likeness (QED) is 0.560. The second-order valence-corrected chi connectivity index (χ2v) is 7.54. The lowest BCUT2D eigenvalue weighted by Crippen LogP contribution is -3.16. The Hall–Kier alpha value is -0.840. The van der Waals surface area contributed by atoms with Crippen LogP contribution in [0.5, 0.6) is 0 Å². The van der Waals surface area contributed by atoms with Gasteiger partial charge in [-0.15, -0.1) is 0 Å². The molecular formula is C18H29ClN3S+. The lowest BCUT2D eigenvalue weighted by Gasteiger charge is -2.30. The van der Waals surface area contributed by atoms with Gasteiger partial charge in [-0.05, 0) is 69.4 Å². The number of quaternary nitrogens is 1. The number of benzene rings is 1. The van der Waals surface area contributed by atoms with Gasteiger partial charge in [0, 0.05) is 13.0 Å². The molecule has 128 valence electrons. The van der Waals surface area contributed by atoms with Gasteiger partial charge in [-0.1, -0.05) is 17.7 Å². The molecule has 3 nitrogen and oxygen atoms in total. The Kier molecular flexibility index (Phi) is 7.12. The largest absolute Gasteiger partial charge is 0.362 e. The molecule has 0 spiro atoms. The van der Waals surface area contributed by atoms with E-state index in [-0.39, 0.29) is 0 Å². The molecular weight excluding hydrogens is 326 g/mol. The summed E-state index contributed by atoms with van der Waals surface area (Å²) in [7, 11) is 0. The van der Waals surface area contributed by atoms with Crippen LogP contribution in [0, 0.1) is 13.8 Å². The van der Waals surface area contributed by atoms with Crippen molar-refractivity contribution in [3.05, 3.63) is 28.3 Å². The third-order valence-corrected chi connectivity index (χ3v) is 5.26. The van der Waals surface area contributed by atoms with Crippen molar-refractivity contribution in [2.75, 3.05) is 25.0 Å². The number of halogens is 1. The van der Waals surface area contributed by atoms with Gasteiger partial charge in [-0.2, -0.15) is 0 Å². The first-order valence-corrected chi connectivity index (χ1v) is 9.42. The first-order chi connectivity index (χ1) is 11.0. The fourth-order valence-electron chi connectivity index (χ4n) is 3.37. The molecule has 1 heterocycles. The Morgan fingerprint density at radius 1 is 1.35 bits per heavy atom. The molecule has 3 N–H and O–H groups in total. The molecule has 1 fully saturated rings. The average molecular weight is 355 g/mol. The molecule has 0 amide bonds. The fraction of sp³-hybridized carbons (Fsp3) is 0.611. The highest BCUT2D eigenvalue weighted by atomic mass is 35.5. The minimum absolute atomic E-state index is 0.653. The normalized spacial score (nSPS) is 21.0. The number of piperidine rings is 1. The maximum Gasteiger partial charge on any atom is 0.170 e. The van der Waals surface area contributed by atoms with E-state index in [9.17, 15) is 0 Å². The molecule has 23 heavy (non-hydrogen) atoms. The summed E-state index contributed by atoms with van der Waals surface area (Å²) in [6, 6.07) is 4.88. The maximum absolute atomic E-state index is 6.30. The summed E-state index contributed by atoms with van der Waals surface area (Å²) >= 11 is 11.7. The first-order valence-electron chi connectivity index (χ1n) is 8.63. The molecule has 1 aliphatic heterocycles. The zero-order valence-corrected chi connectivity index (χ0v) is 16.0. The van der Waals surface area contributed by atoms with Crippen molar-refractivity contribution in [2.45, 2.75) is 52.5 Å². The SMILES string of the molecule is Cc1cc(C)c(NC(=S)NCCC[NH+]2CCCC[C@@H]2C)c(Cl)c1. The van der Waals surface area contributed by atoms with Crippen LogP contribution in [0.25, 0.3) is 0 Å². The third kappa shape index (κ3) is 5.63. The Morgan fingerprint density at radius 2 is 2.13 bits per heavy atom. The molecule has 0 bridgehead atoms. The summed E-state index contributed by atoms with van der Waals surface area (Å²) in [6.45, 7) is 9.91. The number of nitrogens with one attached hydrogen (secondary N) is 3. The molecule has 1 aromatic rings. The maximum atomic E-state index is 6.30. The molecule has 1 saturated heterocycles. The Morgan fingerprint density at radius 3 is 2.83 bits per heavy atom. The monoisotopic (exact) mass is 354 g/mol. The lowest BCUT2D eigenvalue weighted by atomic mass is 10.0. The molecule has 0 radical (unpaired) electrons. The van der Waals surface area contributed by atoms with Crippen molar-refractivity contribution in [1.29, 1.82) is 0 Å². The van der Waals surface area contributed by atoms with Crippen molar-refractivity contribution in [1.82, 2.24) is 5.32 Å². The fourth-order valence-corrected chi connectivity index (χ4v) is 3.95. The molecule has 0 aromatic heterocycles. The Labute approximate surface area is 150 Å². The van der Waals surface area contributed by atoms with Crippen LogP contribution in [0.4, 0.5) is 5.69 Å². The summed E-state index contributed by atoms with van der Waals surface area (Å²) in [5.74, 6) is 0. The van der Waals surface area contributed by atoms with Gasteiger partial charge in [0.05, 0.1) is 29.8 Å². The smallest absolute Gasteiger partial charge is 0.170 e. The second kappa shape index (κ2) is 8.86. The van der Waals surface area contributed by atoms with E-state index in [1.807, 2.05) is 19.9 Å². The molecule has 0 aliphatic carbocycles. The number of hydrogen-bond acceptors (Lipinski definition) is 1. The van der Waals surface area contributed by atoms with E-state index in [4.69, 9.17) is 23.8 Å². The molecule has 2 atom stereocenters. The summed E-state index contributed by atoms with van der Waals surface area (Å²) in [5, 5.41) is 7.91. The first kappa shape index (κ1) is 18.5. The number of likely N-dealkylation sites (tertiary alicyclic amines) is 1. The van der Waals surface area contributed by atoms with Crippen LogP contribution in [0.2, 0.25) is 5.02 Å². The summed E-state index contributed by atoms with van der Waals surface area (Å²) in [5.41, 5.74) is 3.19. The zero-order valence-electron chi connectivity index (χ0n) is 14.5. The van der Waals surface area contributed by atoms with E-state index in [0.717, 1.165) is 40.8 Å². The van der Waals surface area contributed by atoms with Gasteiger partial charge in [0.15, 0.2) is 5.11 Å². The molecule has 0 saturated carbocycles. The minimum atomic E-state index is 0.653. The topological polar surface area (TPSA) is 28.5 Å². The van der Waals surface area contributed by atoms with Crippen LogP contribution < -0.4 is 15.5 Å². The van der Waals surface area contributed by atoms with Gasteiger partial charge in [0.1, 0.15) is 0 Å². The minimum Gasteiger partial charge on any atom is -0.362 e. The molecule has 2 rings (SSSR count). The standard InChI is InChI=1S/C18H28ClN3S/c1-13-11-14(2)17(16(19)12-13)21-18(23)20-8-6-10-22-9-5-4-7-15(22)3/h11-12,15H,4-10H2,1-3H3,(H2,20,21,23)/p+1/t15-/m0/s1. The third-order valence-electron chi connectivity index (χ3n) is 4.71. The molecule has 5 heteroatoms. The number of thiocarbonyl (C=S) groups is 1. The van der Waals surface area contributed by atoms with E-state index in [2.05, 4.69) is 23.6 Å². The highest BCUT2D eigenvalue weighted by Crippen LogP contribution is 2.27. The van der Waals surface area contributed by atoms with Gasteiger partial charge < -0.3 is 15.5 Å². The lowest BCUT2D eigenvalue weighted by molar-refractivity contribution is -0.928. The number of hydrogen-bond donors (Lipinski definition) is 3. The number of aryl methyl sites for hydroxylation is 2. The molecule has 1 aliphatic rings. The van der Waals surface area contributed by atoms with Gasteiger partial charge in [0.2, 0.25) is 0 Å². The number of anilines is 1. The van der Waals surface area contributed by atoms with Crippen LogP contribution in [0.15, 0.2) is 12.1 Å². The molecule has 1 unspecified atom stereocenters. The summed E-state index contributed by atoms with van der Waals surface area (Å²) in [6.07, 6.45) is 5.28. The molecule has 1 aromatic carbocycles. The highest BCUT2D eigenvalue weighted by Gasteiger charge is 2.20. The van der Waals surface area contributed by atoms with Gasteiger partial charge >= 0.3 is 0 Å². The van der Waals surface area contributed by atoms with E-state index >= 15 is 0 Å². The van der Waals surface area contributed by atoms with Gasteiger partial charge in [-0.25, -0.2) is 0 Å². The highest BCUT2D eigenvalue weighted by molar-refractivity contribution is 7.80. The van der Waals surface area contributed by atoms with Crippen LogP contribution in [0.3, 0.4) is 0 Å². The van der Waals surface area contributed by atoms with Crippen molar-refractivity contribution < 1.29 is 4.90 Å². The van der Waals surface area contributed by atoms with Crippen LogP contribution in [-0.4, -0.2) is 30.8 Å². The van der Waals surface area contributed by atoms with Crippen molar-refractivity contribution in [3.63, 3.8) is 0 Å². The van der Waals surface area contributed by atoms with E-state index in [1.165, 1.54) is 32.4 Å². The van der Waals surface area contributed by atoms with Crippen LogP contribution in [0.1, 0.15) is 43.7 Å². The summed E-state index contributed by atoms with van der Waals surface area (Å²) < 4.78 is 0. The van der Waals surface area contributed by atoms with Gasteiger partial charge in [-0.3, -0.25) is 0 Å². The van der Waals surface area contributed by atoms with E-state index < -0.39 is 0 Å². The van der Waals surface area contributed by atoms with E-state index in [1.54, 1.807) is 4.90 Å². The van der Waals surface area contributed by atoms with Crippen molar-refractivity contribution in [3.8, 4) is 0 Å². The Balaban J connectivity index is 1.73. The Bertz CT molecular complexity index is 524. The average Bonchev–Trinajstić information content (AvgIpc) is 2.49. The zero-order chi connectivity index (χ0) is 16.8. The predicted octanol–water partition coefficient (Wildman–Crippen LogP) is 3.09. The second-order valence-electron chi connectivity index (χ2n) is 6.73.